The minimum Gasteiger partial charge on any atom is -0.302 e. The summed E-state index contributed by atoms with van der Waals surface area (Å²) in [6.07, 6.45) is 2.51. The Kier molecular flexibility index (Phi) is 3.98. The fourth-order valence-corrected chi connectivity index (χ4v) is 1.61. The smallest absolute Gasteiger partial charge is 0.0350 e. The fourth-order valence-electron chi connectivity index (χ4n) is 1.61. The second kappa shape index (κ2) is 4.80. The summed E-state index contributed by atoms with van der Waals surface area (Å²) in [5.74, 6) is 6.19. The second-order valence-electron chi connectivity index (χ2n) is 4.14. The van der Waals surface area contributed by atoms with E-state index in [4.69, 9.17) is 5.84 Å². The molecule has 1 aliphatic rings. The van der Waals surface area contributed by atoms with Crippen LogP contribution in [0.3, 0.4) is 0 Å². The van der Waals surface area contributed by atoms with E-state index in [0.717, 1.165) is 12.5 Å². The molecule has 0 aromatic rings. The molecule has 1 fully saturated rings. The molecule has 0 unspecified atom stereocenters. The molecule has 3 heteroatoms. The summed E-state index contributed by atoms with van der Waals surface area (Å²) < 4.78 is 0. The van der Waals surface area contributed by atoms with Gasteiger partial charge in [0.2, 0.25) is 0 Å². The number of hydrogen-bond donors (Lipinski definition) is 2. The summed E-state index contributed by atoms with van der Waals surface area (Å²) in [6, 6.07) is 0.525. The summed E-state index contributed by atoms with van der Waals surface area (Å²) in [6.45, 7) is 8.12. The number of nitrogens with zero attached hydrogens (tertiary/aromatic N) is 1. The predicted molar refractivity (Wildman–Crippen MR) is 51.6 cm³/mol. The first-order chi connectivity index (χ1) is 5.72. The lowest BCUT2D eigenvalue weighted by Crippen LogP contribution is -2.37. The van der Waals surface area contributed by atoms with Gasteiger partial charge in [0.1, 0.15) is 0 Å². The molecule has 1 heterocycles. The molecule has 1 rings (SSSR count). The van der Waals surface area contributed by atoms with E-state index in [2.05, 4.69) is 24.2 Å². The Morgan fingerprint density at radius 3 is 2.83 bits per heavy atom. The van der Waals surface area contributed by atoms with E-state index in [1.807, 2.05) is 0 Å². The number of nitrogens with two attached hydrogens (primary N) is 1. The Bertz CT molecular complexity index is 125. The van der Waals surface area contributed by atoms with Crippen molar-refractivity contribution in [1.82, 2.24) is 10.3 Å². The lowest BCUT2D eigenvalue weighted by molar-refractivity contribution is 0.305. The van der Waals surface area contributed by atoms with Crippen LogP contribution in [0.5, 0.6) is 0 Å². The summed E-state index contributed by atoms with van der Waals surface area (Å²) >= 11 is 0. The zero-order valence-electron chi connectivity index (χ0n) is 8.21. The molecule has 72 valence electrons. The van der Waals surface area contributed by atoms with Crippen molar-refractivity contribution in [1.29, 1.82) is 0 Å². The van der Waals surface area contributed by atoms with Crippen LogP contribution in [0.15, 0.2) is 0 Å². The van der Waals surface area contributed by atoms with Crippen molar-refractivity contribution in [3.8, 4) is 0 Å². The van der Waals surface area contributed by atoms with Crippen LogP contribution in [0.2, 0.25) is 0 Å². The molecule has 0 aromatic heterocycles. The molecule has 0 bridgehead atoms. The monoisotopic (exact) mass is 171 g/mol. The topological polar surface area (TPSA) is 41.3 Å². The molecule has 0 aliphatic carbocycles. The van der Waals surface area contributed by atoms with Gasteiger partial charge in [-0.15, -0.1) is 0 Å². The molecule has 1 saturated heterocycles. The molecule has 0 aromatic carbocycles. The first kappa shape index (κ1) is 9.96. The van der Waals surface area contributed by atoms with Gasteiger partial charge in [-0.1, -0.05) is 13.8 Å². The zero-order chi connectivity index (χ0) is 8.97. The van der Waals surface area contributed by atoms with Crippen LogP contribution in [0, 0.1) is 5.92 Å². The highest BCUT2D eigenvalue weighted by atomic mass is 15.3. The fraction of sp³-hybridized carbons (Fsp3) is 1.00. The van der Waals surface area contributed by atoms with Crippen LogP contribution in [0.4, 0.5) is 0 Å². The average Bonchev–Trinajstić information content (AvgIpc) is 2.48. The van der Waals surface area contributed by atoms with Gasteiger partial charge in [0.05, 0.1) is 0 Å². The third-order valence-corrected chi connectivity index (χ3v) is 2.53. The van der Waals surface area contributed by atoms with Gasteiger partial charge in [0.25, 0.3) is 0 Å². The maximum atomic E-state index is 5.38. The van der Waals surface area contributed by atoms with Crippen molar-refractivity contribution in [3.05, 3.63) is 0 Å². The van der Waals surface area contributed by atoms with Gasteiger partial charge in [-0.05, 0) is 31.8 Å². The number of likely N-dealkylation sites (tertiary alicyclic amines) is 1. The normalized spacial score (nSPS) is 25.5. The average molecular weight is 171 g/mol. The highest BCUT2D eigenvalue weighted by molar-refractivity contribution is 4.78. The molecule has 0 spiro atoms. The molecule has 0 saturated carbocycles. The maximum Gasteiger partial charge on any atom is 0.0350 e. The van der Waals surface area contributed by atoms with Gasteiger partial charge in [0.15, 0.2) is 0 Å². The van der Waals surface area contributed by atoms with Crippen molar-refractivity contribution >= 4 is 0 Å². The maximum absolute atomic E-state index is 5.38. The summed E-state index contributed by atoms with van der Waals surface area (Å²) in [4.78, 5) is 2.49. The molecule has 0 radical (unpaired) electrons. The van der Waals surface area contributed by atoms with Crippen LogP contribution in [0.25, 0.3) is 0 Å². The van der Waals surface area contributed by atoms with Crippen molar-refractivity contribution < 1.29 is 0 Å². The molecule has 3 nitrogen and oxygen atoms in total. The van der Waals surface area contributed by atoms with Crippen LogP contribution in [-0.2, 0) is 0 Å². The van der Waals surface area contributed by atoms with Crippen LogP contribution >= 0.6 is 0 Å². The van der Waals surface area contributed by atoms with E-state index in [9.17, 15) is 0 Å². The molecular formula is C9H21N3. The lowest BCUT2D eigenvalue weighted by atomic mass is 10.1. The molecule has 3 N–H and O–H groups in total. The van der Waals surface area contributed by atoms with Gasteiger partial charge in [-0.2, -0.15) is 0 Å². The third kappa shape index (κ3) is 3.09. The van der Waals surface area contributed by atoms with Crippen molar-refractivity contribution in [2.75, 3.05) is 19.6 Å². The Labute approximate surface area is 75.3 Å². The Morgan fingerprint density at radius 2 is 2.33 bits per heavy atom. The number of hydrogen-bond acceptors (Lipinski definition) is 3. The summed E-state index contributed by atoms with van der Waals surface area (Å²) in [5.41, 5.74) is 2.84. The SMILES string of the molecule is CC(C)CCN1CC[C@@H](NN)C1. The number of hydrazine groups is 1. The number of rotatable bonds is 4. The van der Waals surface area contributed by atoms with Gasteiger partial charge < -0.3 is 4.90 Å². The first-order valence-corrected chi connectivity index (χ1v) is 4.91. The predicted octanol–water partition coefficient (Wildman–Crippen LogP) is 0.570. The highest BCUT2D eigenvalue weighted by Crippen LogP contribution is 2.10. The molecule has 1 aliphatic heterocycles. The second-order valence-corrected chi connectivity index (χ2v) is 4.14. The van der Waals surface area contributed by atoms with Gasteiger partial charge in [-0.25, -0.2) is 0 Å². The minimum atomic E-state index is 0.525. The van der Waals surface area contributed by atoms with Crippen LogP contribution in [-0.4, -0.2) is 30.6 Å². The summed E-state index contributed by atoms with van der Waals surface area (Å²) in [5, 5.41) is 0. The van der Waals surface area contributed by atoms with Gasteiger partial charge in [0, 0.05) is 12.6 Å². The quantitative estimate of drug-likeness (QED) is 0.480. The molecular weight excluding hydrogens is 150 g/mol. The largest absolute Gasteiger partial charge is 0.302 e. The number of nitrogens with one attached hydrogen (secondary N) is 1. The highest BCUT2D eigenvalue weighted by Gasteiger charge is 2.20. The minimum absolute atomic E-state index is 0.525. The van der Waals surface area contributed by atoms with E-state index >= 15 is 0 Å². The van der Waals surface area contributed by atoms with Crippen molar-refractivity contribution in [2.24, 2.45) is 11.8 Å². The van der Waals surface area contributed by atoms with Gasteiger partial charge in [-0.3, -0.25) is 11.3 Å². The third-order valence-electron chi connectivity index (χ3n) is 2.53. The molecule has 0 amide bonds. The Hall–Kier alpha value is -0.120. The van der Waals surface area contributed by atoms with Crippen LogP contribution < -0.4 is 11.3 Å². The van der Waals surface area contributed by atoms with Gasteiger partial charge >= 0.3 is 0 Å². The van der Waals surface area contributed by atoms with E-state index in [0.29, 0.717) is 6.04 Å². The molecule has 1 atom stereocenters. The van der Waals surface area contributed by atoms with Crippen molar-refractivity contribution in [3.63, 3.8) is 0 Å². The van der Waals surface area contributed by atoms with Crippen molar-refractivity contribution in [2.45, 2.75) is 32.7 Å². The standard InChI is InChI=1S/C9H21N3/c1-8(2)3-5-12-6-4-9(7-12)11-10/h8-9,11H,3-7,10H2,1-2H3/t9-/m1/s1. The van der Waals surface area contributed by atoms with E-state index in [1.54, 1.807) is 0 Å². The lowest BCUT2D eigenvalue weighted by Gasteiger charge is -2.16. The van der Waals surface area contributed by atoms with E-state index in [-0.39, 0.29) is 0 Å². The van der Waals surface area contributed by atoms with Crippen LogP contribution in [0.1, 0.15) is 26.7 Å². The Balaban J connectivity index is 2.11. The zero-order valence-corrected chi connectivity index (χ0v) is 8.21. The summed E-state index contributed by atoms with van der Waals surface area (Å²) in [7, 11) is 0. The van der Waals surface area contributed by atoms with E-state index < -0.39 is 0 Å². The van der Waals surface area contributed by atoms with E-state index in [1.165, 1.54) is 25.9 Å². The first-order valence-electron chi connectivity index (χ1n) is 4.91. The molecule has 12 heavy (non-hydrogen) atoms. The Morgan fingerprint density at radius 1 is 1.58 bits per heavy atom.